The van der Waals surface area contributed by atoms with Gasteiger partial charge in [0.15, 0.2) is 5.75 Å². The third kappa shape index (κ3) is 7.99. The van der Waals surface area contributed by atoms with Crippen molar-refractivity contribution >= 4 is 40.7 Å². The van der Waals surface area contributed by atoms with Gasteiger partial charge in [0.2, 0.25) is 11.8 Å². The first-order valence-electron chi connectivity index (χ1n) is 15.8. The molecule has 0 spiro atoms. The molecule has 0 bridgehead atoms. The molecule has 2 aromatic carbocycles. The van der Waals surface area contributed by atoms with Crippen molar-refractivity contribution in [1.29, 1.82) is 0 Å². The van der Waals surface area contributed by atoms with Crippen molar-refractivity contribution in [1.82, 2.24) is 9.88 Å². The molecule has 6 rings (SSSR count). The quantitative estimate of drug-likeness (QED) is 0.256. The molecule has 2 heterocycles. The standard InChI is InChI=1S/C34H39Cl3N4O3/c1-21-14-30(36)33(31(37)15-21)44-13-12-43-32-9-3-23(18-40-32)27-10-11-38-19-28(27)34(42)41(26-6-7-26)20-24-16-22(2-8-29(24)35)17-39-25-4-5-25/h2-3,8-9,14-16,18,25-28,38-39H,4-7,10-13,17,19-20H2,1H3/p+2/t27-,28+/m1/s1. The molecule has 0 radical (unpaired) electrons. The average Bonchev–Trinajstić information content (AvgIpc) is 3.95. The van der Waals surface area contributed by atoms with Crippen molar-refractivity contribution in [3.63, 3.8) is 0 Å². The molecular formula is C34H41Cl3N4O3+2. The summed E-state index contributed by atoms with van der Waals surface area (Å²) in [5.41, 5.74) is 4.36. The van der Waals surface area contributed by atoms with Crippen LogP contribution >= 0.6 is 34.8 Å². The molecular weight excluding hydrogens is 619 g/mol. The summed E-state index contributed by atoms with van der Waals surface area (Å²) in [5.74, 6) is 1.19. The molecule has 234 valence electrons. The molecule has 1 amide bonds. The van der Waals surface area contributed by atoms with E-state index < -0.39 is 0 Å². The van der Waals surface area contributed by atoms with Crippen molar-refractivity contribution < 1.29 is 24.9 Å². The van der Waals surface area contributed by atoms with Gasteiger partial charge in [-0.25, -0.2) is 4.98 Å². The molecule has 3 aromatic rings. The zero-order valence-corrected chi connectivity index (χ0v) is 27.4. The molecule has 2 atom stereocenters. The van der Waals surface area contributed by atoms with Crippen molar-refractivity contribution in [3.8, 4) is 11.6 Å². The van der Waals surface area contributed by atoms with Crippen LogP contribution in [0.4, 0.5) is 0 Å². The van der Waals surface area contributed by atoms with E-state index in [1.165, 1.54) is 18.4 Å². The number of pyridine rings is 1. The summed E-state index contributed by atoms with van der Waals surface area (Å²) in [6.45, 7) is 5.79. The molecule has 7 nitrogen and oxygen atoms in total. The van der Waals surface area contributed by atoms with Crippen LogP contribution in [-0.4, -0.2) is 54.2 Å². The lowest BCUT2D eigenvalue weighted by molar-refractivity contribution is -0.683. The van der Waals surface area contributed by atoms with Crippen LogP contribution in [0.1, 0.15) is 60.3 Å². The van der Waals surface area contributed by atoms with Crippen molar-refractivity contribution in [2.45, 2.75) is 70.1 Å². The maximum absolute atomic E-state index is 14.2. The van der Waals surface area contributed by atoms with Gasteiger partial charge < -0.3 is 25.0 Å². The predicted octanol–water partition coefficient (Wildman–Crippen LogP) is 4.89. The Morgan fingerprint density at radius 1 is 0.977 bits per heavy atom. The third-order valence-corrected chi connectivity index (χ3v) is 9.78. The van der Waals surface area contributed by atoms with Crippen molar-refractivity contribution in [3.05, 3.63) is 86.0 Å². The Morgan fingerprint density at radius 2 is 1.75 bits per heavy atom. The van der Waals surface area contributed by atoms with E-state index in [-0.39, 0.29) is 24.3 Å². The van der Waals surface area contributed by atoms with Crippen LogP contribution in [0, 0.1) is 12.8 Å². The van der Waals surface area contributed by atoms with Crippen LogP contribution in [0.2, 0.25) is 15.1 Å². The number of piperidine rings is 1. The van der Waals surface area contributed by atoms with E-state index >= 15 is 0 Å². The first kappa shape index (κ1) is 31.4. The number of carbonyl (C=O) groups is 1. The van der Waals surface area contributed by atoms with Gasteiger partial charge in [-0.15, -0.1) is 0 Å². The molecule has 2 aliphatic carbocycles. The fraction of sp³-hybridized carbons (Fsp3) is 0.471. The molecule has 3 aliphatic rings. The van der Waals surface area contributed by atoms with Crippen LogP contribution in [0.25, 0.3) is 0 Å². The first-order chi connectivity index (χ1) is 21.4. The minimum atomic E-state index is -0.111. The van der Waals surface area contributed by atoms with Crippen LogP contribution in [0.3, 0.4) is 0 Å². The minimum absolute atomic E-state index is 0.111. The van der Waals surface area contributed by atoms with Crippen molar-refractivity contribution in [2.75, 3.05) is 26.3 Å². The average molecular weight is 660 g/mol. The summed E-state index contributed by atoms with van der Waals surface area (Å²) < 4.78 is 11.6. The van der Waals surface area contributed by atoms with E-state index in [0.29, 0.717) is 40.9 Å². The van der Waals surface area contributed by atoms with E-state index in [2.05, 4.69) is 32.7 Å². The van der Waals surface area contributed by atoms with Gasteiger partial charge >= 0.3 is 0 Å². The second kappa shape index (κ2) is 14.3. The highest BCUT2D eigenvalue weighted by Crippen LogP contribution is 2.37. The SMILES string of the molecule is Cc1cc(Cl)c(OCCOc2ccc([C@H]3CC[NH2+]C[C@@H]3C(=O)N(Cc3cc(C[NH2+]C4CC4)ccc3Cl)C3CC3)cn2)c(Cl)c1. The van der Waals surface area contributed by atoms with Gasteiger partial charge in [0.05, 0.1) is 35.1 Å². The molecule has 10 heteroatoms. The zero-order valence-electron chi connectivity index (χ0n) is 25.1. The maximum atomic E-state index is 14.2. The lowest BCUT2D eigenvalue weighted by Crippen LogP contribution is -2.88. The lowest BCUT2D eigenvalue weighted by Gasteiger charge is -2.34. The van der Waals surface area contributed by atoms with Gasteiger partial charge in [-0.1, -0.05) is 46.9 Å². The number of benzene rings is 2. The Balaban J connectivity index is 1.08. The van der Waals surface area contributed by atoms with Crippen LogP contribution < -0.4 is 20.1 Å². The number of halogens is 3. The number of aryl methyl sites for hydroxylation is 1. The van der Waals surface area contributed by atoms with E-state index in [9.17, 15) is 4.79 Å². The molecule has 1 saturated heterocycles. The summed E-state index contributed by atoms with van der Waals surface area (Å²) in [7, 11) is 0. The molecule has 4 N–H and O–H groups in total. The van der Waals surface area contributed by atoms with E-state index in [4.69, 9.17) is 44.3 Å². The monoisotopic (exact) mass is 658 g/mol. The highest BCUT2D eigenvalue weighted by atomic mass is 35.5. The fourth-order valence-electron chi connectivity index (χ4n) is 6.12. The number of hydrogen-bond donors (Lipinski definition) is 2. The second-order valence-corrected chi connectivity index (χ2v) is 13.6. The predicted molar refractivity (Wildman–Crippen MR) is 173 cm³/mol. The number of nitrogens with zero attached hydrogens (tertiary/aromatic N) is 2. The Morgan fingerprint density at radius 3 is 2.45 bits per heavy atom. The molecule has 0 unspecified atom stereocenters. The van der Waals surface area contributed by atoms with Gasteiger partial charge in [-0.2, -0.15) is 0 Å². The highest BCUT2D eigenvalue weighted by Gasteiger charge is 2.42. The number of carbonyl (C=O) groups excluding carboxylic acids is 1. The summed E-state index contributed by atoms with van der Waals surface area (Å²) >= 11 is 19.2. The number of ether oxygens (including phenoxy) is 2. The van der Waals surface area contributed by atoms with Crippen LogP contribution in [0.15, 0.2) is 48.7 Å². The van der Waals surface area contributed by atoms with Gasteiger partial charge in [-0.3, -0.25) is 4.79 Å². The minimum Gasteiger partial charge on any atom is -0.487 e. The summed E-state index contributed by atoms with van der Waals surface area (Å²) in [5, 5.41) is 6.37. The molecule has 44 heavy (non-hydrogen) atoms. The maximum Gasteiger partial charge on any atom is 0.232 e. The Bertz CT molecular complexity index is 1440. The fourth-order valence-corrected chi connectivity index (χ4v) is 7.01. The first-order valence-corrected chi connectivity index (χ1v) is 16.9. The molecule has 3 fully saturated rings. The number of quaternary nitrogens is 2. The number of aromatic nitrogens is 1. The van der Waals surface area contributed by atoms with Gasteiger partial charge in [0.25, 0.3) is 0 Å². The Hall–Kier alpha value is -2.55. The summed E-state index contributed by atoms with van der Waals surface area (Å²) in [6.07, 6.45) is 7.52. The van der Waals surface area contributed by atoms with Crippen LogP contribution in [-0.2, 0) is 17.9 Å². The summed E-state index contributed by atoms with van der Waals surface area (Å²) in [4.78, 5) is 20.9. The Kier molecular flexibility index (Phi) is 10.2. The summed E-state index contributed by atoms with van der Waals surface area (Å²) in [6, 6.07) is 14.9. The van der Waals surface area contributed by atoms with E-state index in [0.717, 1.165) is 66.7 Å². The normalized spacial score (nSPS) is 19.9. The van der Waals surface area contributed by atoms with Gasteiger partial charge in [0.1, 0.15) is 19.8 Å². The van der Waals surface area contributed by atoms with E-state index in [1.807, 2.05) is 43.5 Å². The molecule has 1 aliphatic heterocycles. The number of amides is 1. The largest absolute Gasteiger partial charge is 0.487 e. The van der Waals surface area contributed by atoms with E-state index in [1.54, 1.807) is 0 Å². The van der Waals surface area contributed by atoms with Crippen molar-refractivity contribution in [2.24, 2.45) is 5.92 Å². The molecule has 1 aromatic heterocycles. The lowest BCUT2D eigenvalue weighted by atomic mass is 9.81. The zero-order chi connectivity index (χ0) is 30.6. The second-order valence-electron chi connectivity index (χ2n) is 12.4. The van der Waals surface area contributed by atoms with Crippen LogP contribution in [0.5, 0.6) is 11.6 Å². The Labute approximate surface area is 274 Å². The molecule has 2 saturated carbocycles. The highest BCUT2D eigenvalue weighted by molar-refractivity contribution is 6.37. The number of nitrogens with two attached hydrogens (primary N) is 2. The third-order valence-electron chi connectivity index (χ3n) is 8.85. The number of rotatable bonds is 13. The smallest absolute Gasteiger partial charge is 0.232 e. The topological polar surface area (TPSA) is 84.9 Å². The van der Waals surface area contributed by atoms with Gasteiger partial charge in [0, 0.05) is 60.6 Å². The number of hydrogen-bond acceptors (Lipinski definition) is 4. The van der Waals surface area contributed by atoms with Gasteiger partial charge in [-0.05, 0) is 60.7 Å².